The van der Waals surface area contributed by atoms with Gasteiger partial charge in [-0.2, -0.15) is 0 Å². The molecule has 0 spiro atoms. The van der Waals surface area contributed by atoms with Crippen LogP contribution in [0.5, 0.6) is 17.2 Å². The average molecular weight is 425 g/mol. The summed E-state index contributed by atoms with van der Waals surface area (Å²) in [6.45, 7) is 3.76. The van der Waals surface area contributed by atoms with Crippen LogP contribution in [0, 0.1) is 0 Å². The number of allylic oxidation sites excluding steroid dienone is 1. The molecule has 0 radical (unpaired) electrons. The van der Waals surface area contributed by atoms with Crippen molar-refractivity contribution in [2.24, 2.45) is 0 Å². The van der Waals surface area contributed by atoms with Gasteiger partial charge in [-0.15, -0.1) is 0 Å². The van der Waals surface area contributed by atoms with Crippen LogP contribution in [0.3, 0.4) is 0 Å². The number of anilines is 1. The van der Waals surface area contributed by atoms with Gasteiger partial charge in [-0.3, -0.25) is 4.79 Å². The standard InChI is InChI=1S/C24H27NO6/c1-24(2)17-9-7-8-10-18(17)25(3)21(24)13-16(26)14-31-23(27)15-11-19(28-4)22(30-6)20(12-15)29-5/h7-13H,14H2,1-6H3/b21-13-. The number of nitrogens with zero attached hydrogens (tertiary/aromatic N) is 1. The monoisotopic (exact) mass is 425 g/mol. The maximum Gasteiger partial charge on any atom is 0.338 e. The molecule has 1 aliphatic rings. The smallest absolute Gasteiger partial charge is 0.338 e. The lowest BCUT2D eigenvalue weighted by atomic mass is 9.83. The number of rotatable bonds is 7. The van der Waals surface area contributed by atoms with Gasteiger partial charge in [0.2, 0.25) is 5.75 Å². The lowest BCUT2D eigenvalue weighted by Crippen LogP contribution is -2.25. The zero-order chi connectivity index (χ0) is 22.8. The molecular weight excluding hydrogens is 398 g/mol. The summed E-state index contributed by atoms with van der Waals surface area (Å²) >= 11 is 0. The number of likely N-dealkylation sites (N-methyl/N-ethyl adjacent to an activating group) is 1. The topological polar surface area (TPSA) is 74.3 Å². The molecule has 3 rings (SSSR count). The number of para-hydroxylation sites is 1. The number of hydrogen-bond acceptors (Lipinski definition) is 7. The minimum atomic E-state index is -0.659. The molecule has 0 aliphatic carbocycles. The maximum atomic E-state index is 12.6. The van der Waals surface area contributed by atoms with Gasteiger partial charge in [0.15, 0.2) is 23.9 Å². The van der Waals surface area contributed by atoms with E-state index in [1.165, 1.54) is 33.5 Å². The molecule has 7 heteroatoms. The predicted molar refractivity (Wildman–Crippen MR) is 117 cm³/mol. The van der Waals surface area contributed by atoms with E-state index in [-0.39, 0.29) is 23.4 Å². The number of hydrogen-bond donors (Lipinski definition) is 0. The zero-order valence-corrected chi connectivity index (χ0v) is 18.6. The SMILES string of the molecule is COc1cc(C(=O)OCC(=O)/C=C2\N(C)c3ccccc3C2(C)C)cc(OC)c1OC. The number of ketones is 1. The molecule has 2 aromatic rings. The summed E-state index contributed by atoms with van der Waals surface area (Å²) in [5.41, 5.74) is 2.91. The highest BCUT2D eigenvalue weighted by Crippen LogP contribution is 2.46. The molecule has 0 aromatic heterocycles. The summed E-state index contributed by atoms with van der Waals surface area (Å²) in [7, 11) is 6.32. The quantitative estimate of drug-likeness (QED) is 0.494. The van der Waals surface area contributed by atoms with Crippen LogP contribution in [-0.4, -0.2) is 46.7 Å². The van der Waals surface area contributed by atoms with Gasteiger partial charge < -0.3 is 23.8 Å². The molecular formula is C24H27NO6. The number of benzene rings is 2. The zero-order valence-electron chi connectivity index (χ0n) is 18.6. The molecule has 31 heavy (non-hydrogen) atoms. The van der Waals surface area contributed by atoms with Gasteiger partial charge in [-0.25, -0.2) is 4.79 Å². The van der Waals surface area contributed by atoms with Crippen molar-refractivity contribution < 1.29 is 28.5 Å². The molecule has 0 fully saturated rings. The van der Waals surface area contributed by atoms with Crippen molar-refractivity contribution in [3.8, 4) is 17.2 Å². The Hall–Kier alpha value is -3.48. The molecule has 0 atom stereocenters. The molecule has 164 valence electrons. The van der Waals surface area contributed by atoms with Crippen LogP contribution in [0.15, 0.2) is 48.2 Å². The minimum absolute atomic E-state index is 0.195. The van der Waals surface area contributed by atoms with E-state index in [1.54, 1.807) is 6.08 Å². The normalized spacial score (nSPS) is 15.4. The van der Waals surface area contributed by atoms with Crippen LogP contribution in [0.1, 0.15) is 29.8 Å². The van der Waals surface area contributed by atoms with Gasteiger partial charge in [0.05, 0.1) is 26.9 Å². The van der Waals surface area contributed by atoms with Crippen molar-refractivity contribution in [2.45, 2.75) is 19.3 Å². The molecule has 0 unspecified atom stereocenters. The molecule has 0 amide bonds. The Labute approximate surface area is 182 Å². The summed E-state index contributed by atoms with van der Waals surface area (Å²) < 4.78 is 21.0. The minimum Gasteiger partial charge on any atom is -0.493 e. The van der Waals surface area contributed by atoms with Gasteiger partial charge >= 0.3 is 5.97 Å². The van der Waals surface area contributed by atoms with Crippen molar-refractivity contribution in [3.05, 3.63) is 59.3 Å². The van der Waals surface area contributed by atoms with Crippen molar-refractivity contribution in [1.82, 2.24) is 0 Å². The third-order valence-corrected chi connectivity index (χ3v) is 5.48. The molecule has 0 saturated carbocycles. The second-order valence-corrected chi connectivity index (χ2v) is 7.69. The van der Waals surface area contributed by atoms with Crippen LogP contribution in [0.25, 0.3) is 0 Å². The summed E-state index contributed by atoms with van der Waals surface area (Å²) in [6.07, 6.45) is 1.54. The van der Waals surface area contributed by atoms with E-state index >= 15 is 0 Å². The van der Waals surface area contributed by atoms with Crippen LogP contribution < -0.4 is 19.1 Å². The van der Waals surface area contributed by atoms with E-state index in [1.807, 2.05) is 30.1 Å². The lowest BCUT2D eigenvalue weighted by Gasteiger charge is -2.23. The Morgan fingerprint density at radius 1 is 1.00 bits per heavy atom. The summed E-state index contributed by atoms with van der Waals surface area (Å²) in [6, 6.07) is 11.0. The highest BCUT2D eigenvalue weighted by molar-refractivity contribution is 5.97. The fourth-order valence-corrected chi connectivity index (χ4v) is 3.87. The van der Waals surface area contributed by atoms with E-state index in [0.717, 1.165) is 16.9 Å². The fourth-order valence-electron chi connectivity index (χ4n) is 3.87. The first kappa shape index (κ1) is 22.2. The van der Waals surface area contributed by atoms with Crippen LogP contribution in [0.4, 0.5) is 5.69 Å². The number of carbonyl (C=O) groups is 2. The van der Waals surface area contributed by atoms with Gasteiger partial charge in [-0.05, 0) is 23.8 Å². The van der Waals surface area contributed by atoms with Crippen LogP contribution in [0.2, 0.25) is 0 Å². The van der Waals surface area contributed by atoms with Crippen molar-refractivity contribution in [2.75, 3.05) is 39.9 Å². The molecule has 0 saturated heterocycles. The first-order chi connectivity index (χ1) is 14.7. The molecule has 1 aliphatic heterocycles. The Bertz CT molecular complexity index is 1020. The van der Waals surface area contributed by atoms with E-state index in [2.05, 4.69) is 19.9 Å². The van der Waals surface area contributed by atoms with E-state index in [9.17, 15) is 9.59 Å². The van der Waals surface area contributed by atoms with Gasteiger partial charge in [0.25, 0.3) is 0 Å². The van der Waals surface area contributed by atoms with E-state index in [4.69, 9.17) is 18.9 Å². The summed E-state index contributed by atoms with van der Waals surface area (Å²) in [5, 5.41) is 0. The Balaban J connectivity index is 1.75. The Morgan fingerprint density at radius 3 is 2.16 bits per heavy atom. The van der Waals surface area contributed by atoms with Crippen molar-refractivity contribution in [3.63, 3.8) is 0 Å². The van der Waals surface area contributed by atoms with Gasteiger partial charge in [0, 0.05) is 29.9 Å². The first-order valence-corrected chi connectivity index (χ1v) is 9.80. The molecule has 1 heterocycles. The Morgan fingerprint density at radius 2 is 1.61 bits per heavy atom. The van der Waals surface area contributed by atoms with Crippen LogP contribution in [-0.2, 0) is 14.9 Å². The Kier molecular flexibility index (Phi) is 6.24. The maximum absolute atomic E-state index is 12.6. The number of carbonyl (C=O) groups excluding carboxylic acids is 2. The van der Waals surface area contributed by atoms with E-state index < -0.39 is 5.97 Å². The largest absolute Gasteiger partial charge is 0.493 e. The molecule has 0 N–H and O–H groups in total. The van der Waals surface area contributed by atoms with Crippen molar-refractivity contribution >= 4 is 17.4 Å². The molecule has 0 bridgehead atoms. The number of fused-ring (bicyclic) bond motifs is 1. The second kappa shape index (κ2) is 8.71. The van der Waals surface area contributed by atoms with Gasteiger partial charge in [-0.1, -0.05) is 32.0 Å². The average Bonchev–Trinajstić information content (AvgIpc) is 2.97. The van der Waals surface area contributed by atoms with Gasteiger partial charge in [0.1, 0.15) is 0 Å². The second-order valence-electron chi connectivity index (χ2n) is 7.69. The number of methoxy groups -OCH3 is 3. The highest BCUT2D eigenvalue weighted by atomic mass is 16.5. The highest BCUT2D eigenvalue weighted by Gasteiger charge is 2.38. The third kappa shape index (κ3) is 4.08. The summed E-state index contributed by atoms with van der Waals surface area (Å²) in [4.78, 5) is 27.1. The number of esters is 1. The molecule has 2 aromatic carbocycles. The lowest BCUT2D eigenvalue weighted by molar-refractivity contribution is -0.117. The fraction of sp³-hybridized carbons (Fsp3) is 0.333. The number of ether oxygens (including phenoxy) is 4. The third-order valence-electron chi connectivity index (χ3n) is 5.48. The molecule has 7 nitrogen and oxygen atoms in total. The summed E-state index contributed by atoms with van der Waals surface area (Å²) in [5.74, 6) is 0.0638. The first-order valence-electron chi connectivity index (χ1n) is 9.80. The van der Waals surface area contributed by atoms with E-state index in [0.29, 0.717) is 17.2 Å². The predicted octanol–water partition coefficient (Wildman–Crippen LogP) is 3.75. The van der Waals surface area contributed by atoms with Crippen molar-refractivity contribution in [1.29, 1.82) is 0 Å². The van der Waals surface area contributed by atoms with Crippen LogP contribution >= 0.6 is 0 Å².